The van der Waals surface area contributed by atoms with Crippen molar-refractivity contribution in [1.29, 1.82) is 0 Å². The van der Waals surface area contributed by atoms with E-state index < -0.39 is 5.60 Å². The summed E-state index contributed by atoms with van der Waals surface area (Å²) in [6.45, 7) is 0.439. The van der Waals surface area contributed by atoms with Gasteiger partial charge in [0.1, 0.15) is 5.60 Å². The summed E-state index contributed by atoms with van der Waals surface area (Å²) in [4.78, 5) is 31.5. The van der Waals surface area contributed by atoms with E-state index in [4.69, 9.17) is 4.74 Å². The van der Waals surface area contributed by atoms with Crippen LogP contribution in [0.15, 0.2) is 24.5 Å². The first-order valence-electron chi connectivity index (χ1n) is 8.08. The smallest absolute Gasteiger partial charge is 0.307 e. The van der Waals surface area contributed by atoms with Crippen LogP contribution < -0.4 is 5.32 Å². The van der Waals surface area contributed by atoms with Crippen LogP contribution in [0.4, 0.5) is 0 Å². The number of carbonyl (C=O) groups excluding carboxylic acids is 2. The van der Waals surface area contributed by atoms with Gasteiger partial charge in [0.2, 0.25) is 5.91 Å². The first-order chi connectivity index (χ1) is 11.2. The van der Waals surface area contributed by atoms with Crippen LogP contribution in [-0.4, -0.2) is 27.4 Å². The molecule has 2 aromatic rings. The maximum absolute atomic E-state index is 12.6. The molecule has 1 aliphatic carbocycles. The molecule has 1 aliphatic heterocycles. The van der Waals surface area contributed by atoms with Crippen molar-refractivity contribution in [1.82, 2.24) is 15.3 Å². The van der Waals surface area contributed by atoms with E-state index in [1.807, 2.05) is 18.2 Å². The summed E-state index contributed by atoms with van der Waals surface area (Å²) in [5, 5.41) is 2.96. The van der Waals surface area contributed by atoms with Crippen molar-refractivity contribution >= 4 is 22.9 Å². The third kappa shape index (κ3) is 2.48. The average molecular weight is 313 g/mol. The number of esters is 1. The van der Waals surface area contributed by atoms with Crippen LogP contribution in [0, 0.1) is 5.92 Å². The minimum Gasteiger partial charge on any atom is -0.458 e. The summed E-state index contributed by atoms with van der Waals surface area (Å²) in [6.07, 6.45) is 5.50. The maximum atomic E-state index is 12.6. The van der Waals surface area contributed by atoms with Gasteiger partial charge in [-0.1, -0.05) is 6.07 Å². The highest BCUT2D eigenvalue weighted by atomic mass is 16.6. The molecule has 6 nitrogen and oxygen atoms in total. The molecule has 2 aliphatic rings. The molecule has 1 aromatic heterocycles. The predicted octanol–water partition coefficient (Wildman–Crippen LogP) is 2.05. The monoisotopic (exact) mass is 313 g/mol. The van der Waals surface area contributed by atoms with Crippen LogP contribution in [0.25, 0.3) is 11.0 Å². The Labute approximate surface area is 133 Å². The summed E-state index contributed by atoms with van der Waals surface area (Å²) in [6, 6.07) is 5.85. The molecule has 4 rings (SSSR count). The molecule has 1 spiro atoms. The van der Waals surface area contributed by atoms with Gasteiger partial charge in [-0.2, -0.15) is 0 Å². The highest BCUT2D eigenvalue weighted by molar-refractivity contribution is 5.88. The average Bonchev–Trinajstić information content (AvgIpc) is 3.25. The van der Waals surface area contributed by atoms with E-state index in [1.165, 1.54) is 0 Å². The molecular formula is C17H19N3O3. The van der Waals surface area contributed by atoms with Crippen molar-refractivity contribution in [2.45, 2.75) is 44.2 Å². The highest BCUT2D eigenvalue weighted by Gasteiger charge is 2.53. The standard InChI is InChI=1S/C17H19N3O3/c21-15-8-12(17(23-15)5-1-2-6-17)16(22)18-9-11-3-4-13-14(7-11)20-10-19-13/h3-4,7,10,12H,1-2,5-6,8-9H2,(H,18,22)(H,19,20). The molecule has 1 aromatic carbocycles. The normalized spacial score (nSPS) is 22.6. The Bertz CT molecular complexity index is 761. The molecular weight excluding hydrogens is 294 g/mol. The number of imidazole rings is 1. The summed E-state index contributed by atoms with van der Waals surface area (Å²) >= 11 is 0. The number of amides is 1. The van der Waals surface area contributed by atoms with Gasteiger partial charge < -0.3 is 15.0 Å². The fourth-order valence-electron chi connectivity index (χ4n) is 3.85. The SMILES string of the molecule is O=C1CC(C(=O)NCc2ccc3nc[nH]c3c2)C2(CCCC2)O1. The lowest BCUT2D eigenvalue weighted by molar-refractivity contribution is -0.149. The van der Waals surface area contributed by atoms with Crippen LogP contribution in [-0.2, 0) is 20.9 Å². The Hall–Kier alpha value is -2.37. The number of aromatic nitrogens is 2. The minimum absolute atomic E-state index is 0.0811. The Balaban J connectivity index is 1.45. The van der Waals surface area contributed by atoms with Crippen molar-refractivity contribution in [2.75, 3.05) is 0 Å². The van der Waals surface area contributed by atoms with Gasteiger partial charge in [-0.05, 0) is 43.4 Å². The van der Waals surface area contributed by atoms with E-state index >= 15 is 0 Å². The molecule has 120 valence electrons. The molecule has 2 fully saturated rings. The van der Waals surface area contributed by atoms with Crippen LogP contribution in [0.3, 0.4) is 0 Å². The zero-order chi connectivity index (χ0) is 15.9. The molecule has 2 N–H and O–H groups in total. The van der Waals surface area contributed by atoms with Gasteiger partial charge in [0.05, 0.1) is 29.7 Å². The molecule has 0 radical (unpaired) electrons. The van der Waals surface area contributed by atoms with Crippen LogP contribution >= 0.6 is 0 Å². The molecule has 6 heteroatoms. The third-order valence-corrected chi connectivity index (χ3v) is 5.04. The summed E-state index contributed by atoms with van der Waals surface area (Å²) in [5.74, 6) is -0.679. The minimum atomic E-state index is -0.547. The molecule has 1 atom stereocenters. The number of H-pyrrole nitrogens is 1. The predicted molar refractivity (Wildman–Crippen MR) is 83.3 cm³/mol. The Morgan fingerprint density at radius 3 is 3.04 bits per heavy atom. The number of aromatic amines is 1. The van der Waals surface area contributed by atoms with Gasteiger partial charge in [0, 0.05) is 6.54 Å². The Morgan fingerprint density at radius 2 is 2.22 bits per heavy atom. The van der Waals surface area contributed by atoms with Gasteiger partial charge in [0.15, 0.2) is 0 Å². The lowest BCUT2D eigenvalue weighted by atomic mass is 9.85. The second-order valence-corrected chi connectivity index (χ2v) is 6.47. The summed E-state index contributed by atoms with van der Waals surface area (Å²) in [7, 11) is 0. The first kappa shape index (κ1) is 14.2. The number of ether oxygens (including phenoxy) is 1. The van der Waals surface area contributed by atoms with Gasteiger partial charge in [0.25, 0.3) is 0 Å². The van der Waals surface area contributed by atoms with Crippen molar-refractivity contribution in [3.8, 4) is 0 Å². The van der Waals surface area contributed by atoms with E-state index in [9.17, 15) is 9.59 Å². The number of nitrogens with zero attached hydrogens (tertiary/aromatic N) is 1. The van der Waals surface area contributed by atoms with E-state index in [-0.39, 0.29) is 24.2 Å². The van der Waals surface area contributed by atoms with Crippen molar-refractivity contribution in [2.24, 2.45) is 5.92 Å². The van der Waals surface area contributed by atoms with Crippen molar-refractivity contribution < 1.29 is 14.3 Å². The fraction of sp³-hybridized carbons (Fsp3) is 0.471. The summed E-state index contributed by atoms with van der Waals surface area (Å²) in [5.41, 5.74) is 2.30. The van der Waals surface area contributed by atoms with E-state index in [0.29, 0.717) is 6.54 Å². The second-order valence-electron chi connectivity index (χ2n) is 6.47. The molecule has 2 heterocycles. The van der Waals surface area contributed by atoms with E-state index in [0.717, 1.165) is 42.3 Å². The topological polar surface area (TPSA) is 84.1 Å². The van der Waals surface area contributed by atoms with Crippen LogP contribution in [0.1, 0.15) is 37.7 Å². The largest absolute Gasteiger partial charge is 0.458 e. The Kier molecular flexibility index (Phi) is 3.32. The lowest BCUT2D eigenvalue weighted by Gasteiger charge is -2.27. The third-order valence-electron chi connectivity index (χ3n) is 5.04. The molecule has 23 heavy (non-hydrogen) atoms. The summed E-state index contributed by atoms with van der Waals surface area (Å²) < 4.78 is 5.53. The zero-order valence-electron chi connectivity index (χ0n) is 12.8. The van der Waals surface area contributed by atoms with E-state index in [1.54, 1.807) is 6.33 Å². The van der Waals surface area contributed by atoms with E-state index in [2.05, 4.69) is 15.3 Å². The van der Waals surface area contributed by atoms with Gasteiger partial charge in [-0.15, -0.1) is 0 Å². The fourth-order valence-corrected chi connectivity index (χ4v) is 3.85. The number of benzene rings is 1. The van der Waals surface area contributed by atoms with Gasteiger partial charge >= 0.3 is 5.97 Å². The highest BCUT2D eigenvalue weighted by Crippen LogP contribution is 2.45. The molecule has 1 saturated carbocycles. The number of nitrogens with one attached hydrogen (secondary N) is 2. The quantitative estimate of drug-likeness (QED) is 0.850. The van der Waals surface area contributed by atoms with Crippen molar-refractivity contribution in [3.63, 3.8) is 0 Å². The Morgan fingerprint density at radius 1 is 1.39 bits per heavy atom. The lowest BCUT2D eigenvalue weighted by Crippen LogP contribution is -2.42. The van der Waals surface area contributed by atoms with Gasteiger partial charge in [-0.25, -0.2) is 4.98 Å². The van der Waals surface area contributed by atoms with Gasteiger partial charge in [-0.3, -0.25) is 9.59 Å². The number of rotatable bonds is 3. The second kappa shape index (κ2) is 5.37. The van der Waals surface area contributed by atoms with Crippen LogP contribution in [0.2, 0.25) is 0 Å². The first-order valence-corrected chi connectivity index (χ1v) is 8.08. The molecule has 1 saturated heterocycles. The zero-order valence-corrected chi connectivity index (χ0v) is 12.8. The van der Waals surface area contributed by atoms with Crippen LogP contribution in [0.5, 0.6) is 0 Å². The molecule has 0 bridgehead atoms. The molecule has 1 amide bonds. The number of carbonyl (C=O) groups is 2. The number of hydrogen-bond acceptors (Lipinski definition) is 4. The maximum Gasteiger partial charge on any atom is 0.307 e. The van der Waals surface area contributed by atoms with Crippen molar-refractivity contribution in [3.05, 3.63) is 30.1 Å². The number of fused-ring (bicyclic) bond motifs is 1. The number of hydrogen-bond donors (Lipinski definition) is 2. The molecule has 1 unspecified atom stereocenters.